The van der Waals surface area contributed by atoms with Crippen molar-refractivity contribution >= 4 is 33.6 Å². The van der Waals surface area contributed by atoms with Crippen LogP contribution >= 0.6 is 15.9 Å². The van der Waals surface area contributed by atoms with E-state index in [0.717, 1.165) is 4.47 Å². The summed E-state index contributed by atoms with van der Waals surface area (Å²) in [7, 11) is 0. The normalized spacial score (nSPS) is 10.1. The average molecular weight is 338 g/mol. The van der Waals surface area contributed by atoms with Gasteiger partial charge in [-0.2, -0.15) is 0 Å². The molecule has 2 N–H and O–H groups in total. The van der Waals surface area contributed by atoms with E-state index in [4.69, 9.17) is 4.42 Å². The minimum absolute atomic E-state index is 0.157. The maximum atomic E-state index is 11.6. The van der Waals surface area contributed by atoms with Crippen LogP contribution in [0.2, 0.25) is 0 Å². The van der Waals surface area contributed by atoms with Gasteiger partial charge in [0.05, 0.1) is 6.26 Å². The van der Waals surface area contributed by atoms with Gasteiger partial charge < -0.3 is 15.1 Å². The van der Waals surface area contributed by atoms with E-state index in [1.54, 1.807) is 30.5 Å². The molecule has 0 aliphatic rings. The number of furan rings is 1. The molecular formula is C13H12BrN3O3. The van der Waals surface area contributed by atoms with Crippen LogP contribution in [0.25, 0.3) is 0 Å². The van der Waals surface area contributed by atoms with Gasteiger partial charge in [-0.3, -0.25) is 9.59 Å². The Hall–Kier alpha value is -2.15. The first kappa shape index (κ1) is 14.3. The van der Waals surface area contributed by atoms with Crippen LogP contribution in [0.15, 0.2) is 45.6 Å². The molecule has 0 aromatic carbocycles. The second kappa shape index (κ2) is 6.85. The van der Waals surface area contributed by atoms with Crippen LogP contribution in [0.5, 0.6) is 0 Å². The van der Waals surface area contributed by atoms with Crippen LogP contribution in [0.1, 0.15) is 17.0 Å². The molecule has 2 aromatic heterocycles. The van der Waals surface area contributed by atoms with Gasteiger partial charge in [0.25, 0.3) is 5.91 Å². The molecule has 2 amide bonds. The van der Waals surface area contributed by atoms with Crippen molar-refractivity contribution in [1.29, 1.82) is 0 Å². The molecule has 7 heteroatoms. The molecule has 2 heterocycles. The summed E-state index contributed by atoms with van der Waals surface area (Å²) in [6.45, 7) is 0.224. The fraction of sp³-hybridized carbons (Fsp3) is 0.154. The molecule has 0 atom stereocenters. The van der Waals surface area contributed by atoms with Crippen LogP contribution in [0.4, 0.5) is 5.82 Å². The Labute approximate surface area is 123 Å². The number of pyridine rings is 1. The summed E-state index contributed by atoms with van der Waals surface area (Å²) >= 11 is 3.26. The summed E-state index contributed by atoms with van der Waals surface area (Å²) in [6, 6.07) is 6.65. The largest absolute Gasteiger partial charge is 0.459 e. The summed E-state index contributed by atoms with van der Waals surface area (Å²) in [5, 5.41) is 5.22. The van der Waals surface area contributed by atoms with Gasteiger partial charge in [0, 0.05) is 23.6 Å². The predicted molar refractivity (Wildman–Crippen MR) is 76.2 cm³/mol. The maximum Gasteiger partial charge on any atom is 0.286 e. The van der Waals surface area contributed by atoms with Crippen molar-refractivity contribution in [3.63, 3.8) is 0 Å². The third-order valence-corrected chi connectivity index (χ3v) is 2.85. The molecule has 0 saturated heterocycles. The van der Waals surface area contributed by atoms with Crippen LogP contribution in [0.3, 0.4) is 0 Å². The highest BCUT2D eigenvalue weighted by Crippen LogP contribution is 2.10. The molecule has 0 spiro atoms. The van der Waals surface area contributed by atoms with Crippen molar-refractivity contribution in [2.75, 3.05) is 11.9 Å². The molecule has 0 saturated carbocycles. The number of carbonyl (C=O) groups excluding carboxylic acids is 2. The Morgan fingerprint density at radius 2 is 2.15 bits per heavy atom. The van der Waals surface area contributed by atoms with E-state index in [9.17, 15) is 9.59 Å². The van der Waals surface area contributed by atoms with Crippen LogP contribution in [-0.2, 0) is 4.79 Å². The molecule has 20 heavy (non-hydrogen) atoms. The molecule has 104 valence electrons. The Morgan fingerprint density at radius 1 is 1.30 bits per heavy atom. The number of halogens is 1. The number of nitrogens with one attached hydrogen (secondary N) is 2. The highest BCUT2D eigenvalue weighted by atomic mass is 79.9. The van der Waals surface area contributed by atoms with E-state index >= 15 is 0 Å². The van der Waals surface area contributed by atoms with Crippen molar-refractivity contribution in [3.8, 4) is 0 Å². The molecule has 0 aliphatic carbocycles. The maximum absolute atomic E-state index is 11.6. The van der Waals surface area contributed by atoms with Crippen LogP contribution in [-0.4, -0.2) is 23.3 Å². The zero-order valence-corrected chi connectivity index (χ0v) is 12.0. The molecule has 2 rings (SSSR count). The lowest BCUT2D eigenvalue weighted by atomic mass is 10.3. The SMILES string of the molecule is O=C(CCNC(=O)c1ccco1)Nc1ccc(Br)cn1. The lowest BCUT2D eigenvalue weighted by molar-refractivity contribution is -0.116. The Morgan fingerprint density at radius 3 is 2.80 bits per heavy atom. The number of rotatable bonds is 5. The molecule has 0 unspecified atom stereocenters. The van der Waals surface area contributed by atoms with E-state index < -0.39 is 0 Å². The summed E-state index contributed by atoms with van der Waals surface area (Å²) < 4.78 is 5.77. The Balaban J connectivity index is 1.73. The highest BCUT2D eigenvalue weighted by molar-refractivity contribution is 9.10. The molecule has 2 aromatic rings. The average Bonchev–Trinajstić information content (AvgIpc) is 2.95. The van der Waals surface area contributed by atoms with Crippen molar-refractivity contribution in [3.05, 3.63) is 47.0 Å². The van der Waals surface area contributed by atoms with Gasteiger partial charge in [-0.05, 0) is 40.2 Å². The van der Waals surface area contributed by atoms with Crippen molar-refractivity contribution < 1.29 is 14.0 Å². The molecule has 0 aliphatic heterocycles. The topological polar surface area (TPSA) is 84.2 Å². The van der Waals surface area contributed by atoms with Crippen LogP contribution < -0.4 is 10.6 Å². The molecular weight excluding hydrogens is 326 g/mol. The first-order valence-corrected chi connectivity index (χ1v) is 6.67. The van der Waals surface area contributed by atoms with E-state index in [1.807, 2.05) is 0 Å². The number of aromatic nitrogens is 1. The van der Waals surface area contributed by atoms with Crippen LogP contribution in [0, 0.1) is 0 Å². The molecule has 6 nitrogen and oxygen atoms in total. The third kappa shape index (κ3) is 4.20. The van der Waals surface area contributed by atoms with Gasteiger partial charge in [-0.1, -0.05) is 0 Å². The quantitative estimate of drug-likeness (QED) is 0.875. The standard InChI is InChI=1S/C13H12BrN3O3/c14-9-3-4-11(16-8-9)17-12(18)5-6-15-13(19)10-2-1-7-20-10/h1-4,7-8H,5-6H2,(H,15,19)(H,16,17,18). The lowest BCUT2D eigenvalue weighted by Crippen LogP contribution is -2.27. The zero-order valence-electron chi connectivity index (χ0n) is 10.4. The van der Waals surface area contributed by atoms with Gasteiger partial charge in [0.2, 0.25) is 5.91 Å². The molecule has 0 fully saturated rings. The molecule has 0 radical (unpaired) electrons. The second-order valence-corrected chi connectivity index (χ2v) is 4.81. The number of hydrogen-bond acceptors (Lipinski definition) is 4. The lowest BCUT2D eigenvalue weighted by Gasteiger charge is -2.05. The first-order chi connectivity index (χ1) is 9.65. The predicted octanol–water partition coefficient (Wildman–Crippen LogP) is 2.20. The van der Waals surface area contributed by atoms with E-state index in [0.29, 0.717) is 5.82 Å². The van der Waals surface area contributed by atoms with Gasteiger partial charge in [-0.15, -0.1) is 0 Å². The fourth-order valence-electron chi connectivity index (χ4n) is 1.44. The minimum Gasteiger partial charge on any atom is -0.459 e. The van der Waals surface area contributed by atoms with Gasteiger partial charge in [0.15, 0.2) is 5.76 Å². The monoisotopic (exact) mass is 337 g/mol. The summed E-state index contributed by atoms with van der Waals surface area (Å²) in [5.74, 6) is 0.125. The summed E-state index contributed by atoms with van der Waals surface area (Å²) in [6.07, 6.45) is 3.17. The van der Waals surface area contributed by atoms with E-state index in [1.165, 1.54) is 6.26 Å². The Kier molecular flexibility index (Phi) is 4.89. The Bertz CT molecular complexity index is 581. The number of nitrogens with zero attached hydrogens (tertiary/aromatic N) is 1. The van der Waals surface area contributed by atoms with Crippen molar-refractivity contribution in [2.45, 2.75) is 6.42 Å². The second-order valence-electron chi connectivity index (χ2n) is 3.89. The smallest absolute Gasteiger partial charge is 0.286 e. The molecule has 0 bridgehead atoms. The van der Waals surface area contributed by atoms with Crippen molar-refractivity contribution in [1.82, 2.24) is 10.3 Å². The zero-order chi connectivity index (χ0) is 14.4. The fourth-order valence-corrected chi connectivity index (χ4v) is 1.67. The minimum atomic E-state index is -0.343. The number of anilines is 1. The van der Waals surface area contributed by atoms with Gasteiger partial charge >= 0.3 is 0 Å². The number of carbonyl (C=O) groups is 2. The summed E-state index contributed by atoms with van der Waals surface area (Å²) in [4.78, 5) is 27.2. The summed E-state index contributed by atoms with van der Waals surface area (Å²) in [5.41, 5.74) is 0. The van der Waals surface area contributed by atoms with E-state index in [-0.39, 0.29) is 30.5 Å². The number of amides is 2. The number of hydrogen-bond donors (Lipinski definition) is 2. The van der Waals surface area contributed by atoms with Crippen molar-refractivity contribution in [2.24, 2.45) is 0 Å². The third-order valence-electron chi connectivity index (χ3n) is 2.38. The van der Waals surface area contributed by atoms with Gasteiger partial charge in [0.1, 0.15) is 5.82 Å². The van der Waals surface area contributed by atoms with Gasteiger partial charge in [-0.25, -0.2) is 4.98 Å². The van der Waals surface area contributed by atoms with E-state index in [2.05, 4.69) is 31.5 Å². The first-order valence-electron chi connectivity index (χ1n) is 5.88. The highest BCUT2D eigenvalue weighted by Gasteiger charge is 2.09.